The molecule has 0 bridgehead atoms. The minimum Gasteiger partial charge on any atom is -0.504 e. The van der Waals surface area contributed by atoms with Crippen molar-refractivity contribution in [1.29, 1.82) is 0 Å². The van der Waals surface area contributed by atoms with Gasteiger partial charge in [-0.3, -0.25) is 5.32 Å². The standard InChI is InChI=1S/C19H29N5O6S3/c1-6-24(7-2)32(26,27)18-14(25)12(11-31-18)20-16-17(23-33(28,29)22-16)21-15(19(3,4)5)13-9-8-10-30-13/h8-11,15,17,21,23,25H,6-7H2,1-5H3,(H,20,22)/t15-,17?/m0/s1. The van der Waals surface area contributed by atoms with Crippen molar-refractivity contribution in [2.45, 2.75) is 51.0 Å². The molecule has 3 heterocycles. The highest BCUT2D eigenvalue weighted by molar-refractivity contribution is 7.91. The molecule has 11 nitrogen and oxygen atoms in total. The van der Waals surface area contributed by atoms with Crippen molar-refractivity contribution in [3.8, 4) is 5.75 Å². The summed E-state index contributed by atoms with van der Waals surface area (Å²) in [5.74, 6) is 0.0886. The molecule has 0 aromatic carbocycles. The van der Waals surface area contributed by atoms with E-state index in [-0.39, 0.29) is 40.3 Å². The van der Waals surface area contributed by atoms with Gasteiger partial charge in [-0.05, 0) is 17.5 Å². The lowest BCUT2D eigenvalue weighted by Crippen LogP contribution is -2.51. The summed E-state index contributed by atoms with van der Waals surface area (Å²) in [5.41, 5.74) is -0.313. The van der Waals surface area contributed by atoms with Gasteiger partial charge in [-0.1, -0.05) is 34.6 Å². The lowest BCUT2D eigenvalue weighted by atomic mass is 9.85. The fraction of sp³-hybridized carbons (Fsp3) is 0.526. The number of anilines is 1. The summed E-state index contributed by atoms with van der Waals surface area (Å²) in [6.45, 7) is 9.81. The number of furan rings is 1. The summed E-state index contributed by atoms with van der Waals surface area (Å²) in [7, 11) is -7.89. The maximum atomic E-state index is 12.8. The van der Waals surface area contributed by atoms with Crippen molar-refractivity contribution < 1.29 is 26.4 Å². The number of hydrogen-bond acceptors (Lipinski definition) is 9. The Kier molecular flexibility index (Phi) is 7.27. The number of hydrogen-bond donors (Lipinski definition) is 4. The van der Waals surface area contributed by atoms with Gasteiger partial charge >= 0.3 is 10.2 Å². The van der Waals surface area contributed by atoms with E-state index in [1.54, 1.807) is 26.0 Å². The molecule has 0 saturated heterocycles. The lowest BCUT2D eigenvalue weighted by Gasteiger charge is -2.32. The van der Waals surface area contributed by atoms with Crippen LogP contribution in [-0.4, -0.2) is 51.3 Å². The zero-order valence-corrected chi connectivity index (χ0v) is 21.4. The SMILES string of the molecule is CCN(CC)S(=O)(=O)c1scc(NC2=NS(=O)(=O)NC2N[C@@H](c2ccco2)C(C)(C)C)c1O. The summed E-state index contributed by atoms with van der Waals surface area (Å²) in [6, 6.07) is 3.13. The molecule has 1 aliphatic rings. The van der Waals surface area contributed by atoms with E-state index in [1.807, 2.05) is 20.8 Å². The highest BCUT2D eigenvalue weighted by atomic mass is 32.2. The van der Waals surface area contributed by atoms with Crippen LogP contribution >= 0.6 is 11.3 Å². The molecule has 0 aliphatic carbocycles. The second kappa shape index (κ2) is 9.35. The van der Waals surface area contributed by atoms with Gasteiger partial charge < -0.3 is 14.8 Å². The second-order valence-electron chi connectivity index (χ2n) is 8.48. The number of thiophene rings is 1. The average Bonchev–Trinajstić information content (AvgIpc) is 3.40. The third-order valence-electron chi connectivity index (χ3n) is 5.06. The average molecular weight is 520 g/mol. The lowest BCUT2D eigenvalue weighted by molar-refractivity contribution is 0.228. The summed E-state index contributed by atoms with van der Waals surface area (Å²) >= 11 is 0.840. The number of nitrogens with one attached hydrogen (secondary N) is 3. The number of nitrogens with zero attached hydrogens (tertiary/aromatic N) is 2. The Bertz CT molecular complexity index is 1210. The molecule has 184 valence electrons. The Balaban J connectivity index is 1.90. The Labute approximate surface area is 198 Å². The van der Waals surface area contributed by atoms with Crippen LogP contribution < -0.4 is 15.4 Å². The van der Waals surface area contributed by atoms with Gasteiger partial charge in [-0.15, -0.1) is 15.7 Å². The van der Waals surface area contributed by atoms with Gasteiger partial charge in [0.05, 0.1) is 18.0 Å². The van der Waals surface area contributed by atoms with Crippen LogP contribution in [0, 0.1) is 5.41 Å². The molecule has 2 atom stereocenters. The maximum Gasteiger partial charge on any atom is 0.323 e. The van der Waals surface area contributed by atoms with E-state index < -0.39 is 32.1 Å². The highest BCUT2D eigenvalue weighted by Gasteiger charge is 2.38. The predicted molar refractivity (Wildman–Crippen MR) is 127 cm³/mol. The van der Waals surface area contributed by atoms with Gasteiger partial charge in [0.1, 0.15) is 11.9 Å². The number of rotatable bonds is 8. The molecule has 1 aliphatic heterocycles. The molecular weight excluding hydrogens is 490 g/mol. The van der Waals surface area contributed by atoms with Crippen LogP contribution in [0.25, 0.3) is 0 Å². The van der Waals surface area contributed by atoms with E-state index >= 15 is 0 Å². The van der Waals surface area contributed by atoms with Crippen molar-refractivity contribution in [2.24, 2.45) is 9.81 Å². The molecule has 1 unspecified atom stereocenters. The number of sulfonamides is 1. The molecule has 3 rings (SSSR count). The van der Waals surface area contributed by atoms with Gasteiger partial charge in [0.2, 0.25) is 0 Å². The predicted octanol–water partition coefficient (Wildman–Crippen LogP) is 2.44. The summed E-state index contributed by atoms with van der Waals surface area (Å²) in [5, 5.41) is 18.0. The molecule has 0 amide bonds. The monoisotopic (exact) mass is 519 g/mol. The first-order valence-electron chi connectivity index (χ1n) is 10.3. The molecule has 14 heteroatoms. The van der Waals surface area contributed by atoms with Crippen molar-refractivity contribution in [3.05, 3.63) is 29.5 Å². The van der Waals surface area contributed by atoms with E-state index in [1.165, 1.54) is 15.9 Å². The molecular formula is C19H29N5O6S3. The Morgan fingerprint density at radius 1 is 1.33 bits per heavy atom. The molecule has 0 spiro atoms. The van der Waals surface area contributed by atoms with Gasteiger partial charge in [0.15, 0.2) is 15.8 Å². The van der Waals surface area contributed by atoms with E-state index in [2.05, 4.69) is 19.8 Å². The van der Waals surface area contributed by atoms with Crippen LogP contribution in [0.2, 0.25) is 0 Å². The van der Waals surface area contributed by atoms with E-state index in [0.717, 1.165) is 11.3 Å². The number of amidine groups is 1. The fourth-order valence-corrected chi connectivity index (χ4v) is 7.20. The van der Waals surface area contributed by atoms with Gasteiger partial charge in [-0.2, -0.15) is 17.4 Å². The third-order valence-corrected chi connectivity index (χ3v) is 9.57. The quantitative estimate of drug-likeness (QED) is 0.415. The minimum atomic E-state index is -4.00. The van der Waals surface area contributed by atoms with Crippen molar-refractivity contribution in [2.75, 3.05) is 18.4 Å². The zero-order valence-electron chi connectivity index (χ0n) is 19.0. The van der Waals surface area contributed by atoms with Crippen LogP contribution in [0.15, 0.2) is 36.8 Å². The fourth-order valence-electron chi connectivity index (χ4n) is 3.43. The van der Waals surface area contributed by atoms with Gasteiger partial charge in [0, 0.05) is 18.5 Å². The minimum absolute atomic E-state index is 0.0318. The van der Waals surface area contributed by atoms with Crippen LogP contribution in [0.4, 0.5) is 5.69 Å². The van der Waals surface area contributed by atoms with Crippen LogP contribution in [-0.2, 0) is 20.2 Å². The first-order valence-corrected chi connectivity index (χ1v) is 14.0. The van der Waals surface area contributed by atoms with E-state index in [4.69, 9.17) is 4.42 Å². The Hall–Kier alpha value is -1.97. The smallest absolute Gasteiger partial charge is 0.323 e. The number of aromatic hydroxyl groups is 1. The van der Waals surface area contributed by atoms with Crippen LogP contribution in [0.5, 0.6) is 5.75 Å². The molecule has 33 heavy (non-hydrogen) atoms. The molecule has 4 N–H and O–H groups in total. The largest absolute Gasteiger partial charge is 0.504 e. The molecule has 0 saturated carbocycles. The zero-order chi connectivity index (χ0) is 24.6. The van der Waals surface area contributed by atoms with Gasteiger partial charge in [-0.25, -0.2) is 8.42 Å². The Morgan fingerprint density at radius 3 is 2.55 bits per heavy atom. The summed E-state index contributed by atoms with van der Waals surface area (Å²) in [6.07, 6.45) is 0.565. The maximum absolute atomic E-state index is 12.8. The third kappa shape index (κ3) is 5.41. The van der Waals surface area contributed by atoms with Crippen molar-refractivity contribution in [3.63, 3.8) is 0 Å². The molecule has 0 radical (unpaired) electrons. The molecule has 2 aromatic rings. The van der Waals surface area contributed by atoms with Crippen molar-refractivity contribution >= 4 is 43.1 Å². The summed E-state index contributed by atoms with van der Waals surface area (Å²) in [4.78, 5) is 0. The van der Waals surface area contributed by atoms with E-state index in [9.17, 15) is 21.9 Å². The molecule has 0 fully saturated rings. The molecule has 2 aromatic heterocycles. The Morgan fingerprint density at radius 2 is 2.00 bits per heavy atom. The van der Waals surface area contributed by atoms with Crippen LogP contribution in [0.3, 0.4) is 0 Å². The topological polar surface area (TPSA) is 153 Å². The normalized spacial score (nSPS) is 19.6. The van der Waals surface area contributed by atoms with E-state index in [0.29, 0.717) is 5.76 Å². The first kappa shape index (κ1) is 25.6. The second-order valence-corrected chi connectivity index (χ2v) is 12.9. The van der Waals surface area contributed by atoms with Crippen molar-refractivity contribution in [1.82, 2.24) is 14.3 Å². The highest BCUT2D eigenvalue weighted by Crippen LogP contribution is 2.40. The summed E-state index contributed by atoms with van der Waals surface area (Å²) < 4.78 is 62.7. The van der Waals surface area contributed by atoms with Crippen LogP contribution in [0.1, 0.15) is 46.4 Å². The first-order chi connectivity index (χ1) is 15.3. The van der Waals surface area contributed by atoms with Gasteiger partial charge in [0.25, 0.3) is 10.0 Å².